The molecule has 26 heavy (non-hydrogen) atoms. The zero-order valence-corrected chi connectivity index (χ0v) is 15.2. The molecule has 1 N–H and O–H groups in total. The molecule has 0 saturated heterocycles. The summed E-state index contributed by atoms with van der Waals surface area (Å²) in [5, 5.41) is 7.82. The first kappa shape index (κ1) is 17.3. The van der Waals surface area contributed by atoms with Crippen molar-refractivity contribution >= 4 is 5.91 Å². The third-order valence-corrected chi connectivity index (χ3v) is 5.49. The van der Waals surface area contributed by atoms with Crippen LogP contribution in [-0.2, 0) is 22.5 Å². The van der Waals surface area contributed by atoms with Gasteiger partial charge in [-0.05, 0) is 36.3 Å². The van der Waals surface area contributed by atoms with Crippen LogP contribution in [0.3, 0.4) is 0 Å². The van der Waals surface area contributed by atoms with Crippen LogP contribution in [0, 0.1) is 5.92 Å². The third kappa shape index (κ3) is 4.15. The van der Waals surface area contributed by atoms with Crippen LogP contribution < -0.4 is 5.32 Å². The van der Waals surface area contributed by atoms with E-state index in [0.717, 1.165) is 18.7 Å². The molecule has 2 aliphatic rings. The number of rotatable bonds is 6. The van der Waals surface area contributed by atoms with Crippen LogP contribution in [0.4, 0.5) is 0 Å². The lowest BCUT2D eigenvalue weighted by Crippen LogP contribution is -2.32. The quantitative estimate of drug-likeness (QED) is 0.867. The van der Waals surface area contributed by atoms with Gasteiger partial charge in [0, 0.05) is 19.2 Å². The average molecular weight is 353 g/mol. The minimum absolute atomic E-state index is 0.136. The summed E-state index contributed by atoms with van der Waals surface area (Å²) in [7, 11) is 0. The minimum atomic E-state index is -0.136. The fourth-order valence-electron chi connectivity index (χ4n) is 4.09. The average Bonchev–Trinajstić information content (AvgIpc) is 3.30. The van der Waals surface area contributed by atoms with E-state index in [1.54, 1.807) is 0 Å². The molecule has 1 aliphatic carbocycles. The Morgan fingerprint density at radius 3 is 2.85 bits per heavy atom. The summed E-state index contributed by atoms with van der Waals surface area (Å²) >= 11 is 0. The summed E-state index contributed by atoms with van der Waals surface area (Å²) in [4.78, 5) is 12.2. The van der Waals surface area contributed by atoms with Crippen molar-refractivity contribution in [1.29, 1.82) is 0 Å². The first-order valence-corrected chi connectivity index (χ1v) is 9.76. The monoisotopic (exact) mass is 353 g/mol. The van der Waals surface area contributed by atoms with E-state index in [-0.39, 0.29) is 12.0 Å². The highest BCUT2D eigenvalue weighted by Crippen LogP contribution is 2.28. The molecule has 1 saturated carbocycles. The SMILES string of the molecule is O=C(CC1CCCC1)NC[C@@H]1OCCc2cn(Cc3ccccc3)nc21. The molecular weight excluding hydrogens is 326 g/mol. The molecule has 5 nitrogen and oxygen atoms in total. The van der Waals surface area contributed by atoms with E-state index in [2.05, 4.69) is 23.6 Å². The van der Waals surface area contributed by atoms with Gasteiger partial charge in [-0.25, -0.2) is 0 Å². The van der Waals surface area contributed by atoms with Gasteiger partial charge in [0.05, 0.1) is 18.8 Å². The van der Waals surface area contributed by atoms with Crippen LogP contribution in [0.15, 0.2) is 36.5 Å². The zero-order valence-electron chi connectivity index (χ0n) is 15.2. The number of nitrogens with one attached hydrogen (secondary N) is 1. The van der Waals surface area contributed by atoms with E-state index >= 15 is 0 Å². The van der Waals surface area contributed by atoms with Crippen molar-refractivity contribution in [2.45, 2.75) is 51.2 Å². The van der Waals surface area contributed by atoms with Gasteiger partial charge in [0.2, 0.25) is 5.91 Å². The number of ether oxygens (including phenoxy) is 1. The molecule has 2 heterocycles. The van der Waals surface area contributed by atoms with Gasteiger partial charge in [0.25, 0.3) is 0 Å². The molecule has 1 aliphatic heterocycles. The van der Waals surface area contributed by atoms with Crippen LogP contribution in [0.1, 0.15) is 55.0 Å². The van der Waals surface area contributed by atoms with Crippen molar-refractivity contribution < 1.29 is 9.53 Å². The summed E-state index contributed by atoms with van der Waals surface area (Å²) in [6.07, 6.45) is 8.46. The Morgan fingerprint density at radius 2 is 2.04 bits per heavy atom. The van der Waals surface area contributed by atoms with Crippen molar-refractivity contribution in [3.05, 3.63) is 53.3 Å². The van der Waals surface area contributed by atoms with Crippen LogP contribution >= 0.6 is 0 Å². The number of nitrogens with zero attached hydrogens (tertiary/aromatic N) is 2. The molecule has 2 aromatic rings. The Bertz CT molecular complexity index is 735. The first-order chi connectivity index (χ1) is 12.8. The molecular formula is C21H27N3O2. The van der Waals surface area contributed by atoms with Crippen LogP contribution in [0.5, 0.6) is 0 Å². The Balaban J connectivity index is 1.36. The topological polar surface area (TPSA) is 56.1 Å². The lowest BCUT2D eigenvalue weighted by Gasteiger charge is -2.22. The van der Waals surface area contributed by atoms with Gasteiger partial charge in [-0.2, -0.15) is 5.10 Å². The molecule has 1 atom stereocenters. The van der Waals surface area contributed by atoms with E-state index in [4.69, 9.17) is 9.84 Å². The number of carbonyl (C=O) groups excluding carboxylic acids is 1. The first-order valence-electron chi connectivity index (χ1n) is 9.76. The van der Waals surface area contributed by atoms with Crippen molar-refractivity contribution in [3.63, 3.8) is 0 Å². The number of aromatic nitrogens is 2. The molecule has 138 valence electrons. The van der Waals surface area contributed by atoms with Gasteiger partial charge >= 0.3 is 0 Å². The fraction of sp³-hybridized carbons (Fsp3) is 0.524. The fourth-order valence-corrected chi connectivity index (χ4v) is 4.09. The minimum Gasteiger partial charge on any atom is -0.370 e. The molecule has 0 spiro atoms. The van der Waals surface area contributed by atoms with Crippen molar-refractivity contribution in [1.82, 2.24) is 15.1 Å². The van der Waals surface area contributed by atoms with Crippen molar-refractivity contribution in [2.75, 3.05) is 13.2 Å². The number of carbonyl (C=O) groups is 1. The van der Waals surface area contributed by atoms with Crippen molar-refractivity contribution in [2.24, 2.45) is 5.92 Å². The van der Waals surface area contributed by atoms with Gasteiger partial charge in [-0.3, -0.25) is 9.48 Å². The number of fused-ring (bicyclic) bond motifs is 1. The second-order valence-electron chi connectivity index (χ2n) is 7.49. The third-order valence-electron chi connectivity index (χ3n) is 5.49. The van der Waals surface area contributed by atoms with Gasteiger partial charge in [-0.15, -0.1) is 0 Å². The normalized spacial score (nSPS) is 20.1. The number of benzene rings is 1. The van der Waals surface area contributed by atoms with Gasteiger partial charge in [0.1, 0.15) is 6.10 Å². The number of amides is 1. The summed E-state index contributed by atoms with van der Waals surface area (Å²) in [6, 6.07) is 10.3. The lowest BCUT2D eigenvalue weighted by molar-refractivity contribution is -0.122. The molecule has 5 heteroatoms. The van der Waals surface area contributed by atoms with Gasteiger partial charge in [-0.1, -0.05) is 43.2 Å². The van der Waals surface area contributed by atoms with Crippen LogP contribution in [-0.4, -0.2) is 28.8 Å². The zero-order chi connectivity index (χ0) is 17.8. The second-order valence-corrected chi connectivity index (χ2v) is 7.49. The number of hydrogen-bond acceptors (Lipinski definition) is 3. The maximum absolute atomic E-state index is 12.2. The van der Waals surface area contributed by atoms with Gasteiger partial charge < -0.3 is 10.1 Å². The predicted molar refractivity (Wildman–Crippen MR) is 99.8 cm³/mol. The van der Waals surface area contributed by atoms with E-state index in [1.165, 1.54) is 36.8 Å². The van der Waals surface area contributed by atoms with Crippen molar-refractivity contribution in [3.8, 4) is 0 Å². The van der Waals surface area contributed by atoms with E-state index in [9.17, 15) is 4.79 Å². The molecule has 0 bridgehead atoms. The summed E-state index contributed by atoms with van der Waals surface area (Å²) in [6.45, 7) is 1.96. The summed E-state index contributed by atoms with van der Waals surface area (Å²) in [5.41, 5.74) is 3.45. The Morgan fingerprint density at radius 1 is 1.23 bits per heavy atom. The molecule has 1 amide bonds. The molecule has 1 aromatic carbocycles. The highest BCUT2D eigenvalue weighted by Gasteiger charge is 2.26. The highest BCUT2D eigenvalue weighted by atomic mass is 16.5. The van der Waals surface area contributed by atoms with Gasteiger partial charge in [0.15, 0.2) is 0 Å². The molecule has 0 unspecified atom stereocenters. The Hall–Kier alpha value is -2.14. The predicted octanol–water partition coefficient (Wildman–Crippen LogP) is 3.24. The maximum Gasteiger partial charge on any atom is 0.220 e. The van der Waals surface area contributed by atoms with Crippen LogP contribution in [0.25, 0.3) is 0 Å². The molecule has 4 rings (SSSR count). The second kappa shape index (κ2) is 8.04. The molecule has 1 fully saturated rings. The smallest absolute Gasteiger partial charge is 0.220 e. The largest absolute Gasteiger partial charge is 0.370 e. The van der Waals surface area contributed by atoms with E-state index in [1.807, 2.05) is 22.9 Å². The summed E-state index contributed by atoms with van der Waals surface area (Å²) in [5.74, 6) is 0.722. The standard InChI is InChI=1S/C21H27N3O2/c25-20(12-16-6-4-5-7-16)22-13-19-21-18(10-11-26-19)15-24(23-21)14-17-8-2-1-3-9-17/h1-3,8-9,15-16,19H,4-7,10-14H2,(H,22,25)/t19-/m0/s1. The lowest BCUT2D eigenvalue weighted by atomic mass is 10.0. The number of hydrogen-bond donors (Lipinski definition) is 1. The Labute approximate surface area is 154 Å². The van der Waals surface area contributed by atoms with E-state index < -0.39 is 0 Å². The highest BCUT2D eigenvalue weighted by molar-refractivity contribution is 5.76. The molecule has 0 radical (unpaired) electrons. The van der Waals surface area contributed by atoms with E-state index in [0.29, 0.717) is 25.5 Å². The van der Waals surface area contributed by atoms with Crippen LogP contribution in [0.2, 0.25) is 0 Å². The maximum atomic E-state index is 12.2. The molecule has 1 aromatic heterocycles. The Kier molecular flexibility index (Phi) is 5.34. The summed E-state index contributed by atoms with van der Waals surface area (Å²) < 4.78 is 7.89.